The van der Waals surface area contributed by atoms with Crippen molar-refractivity contribution in [3.63, 3.8) is 0 Å². The highest BCUT2D eigenvalue weighted by atomic mass is 35.5. The van der Waals surface area contributed by atoms with Gasteiger partial charge in [-0.1, -0.05) is 23.7 Å². The van der Waals surface area contributed by atoms with Crippen LogP contribution in [0.1, 0.15) is 6.42 Å². The summed E-state index contributed by atoms with van der Waals surface area (Å²) in [6.07, 6.45) is 0.941. The molecule has 2 N–H and O–H groups in total. The molecule has 0 radical (unpaired) electrons. The number of nitrogens with zero attached hydrogens (tertiary/aromatic N) is 4. The molecule has 25 heavy (non-hydrogen) atoms. The first-order valence-corrected chi connectivity index (χ1v) is 8.81. The molecular weight excluding hydrogens is 344 g/mol. The highest BCUT2D eigenvalue weighted by Gasteiger charge is 2.14. The van der Waals surface area contributed by atoms with Crippen LogP contribution in [-0.4, -0.2) is 65.5 Å². The van der Waals surface area contributed by atoms with Crippen LogP contribution >= 0.6 is 11.6 Å². The predicted octanol–water partition coefficient (Wildman–Crippen LogP) is -0.585. The molecule has 0 aliphatic carbocycles. The summed E-state index contributed by atoms with van der Waals surface area (Å²) in [5.41, 5.74) is 0.698. The Morgan fingerprint density at radius 1 is 1.32 bits per heavy atom. The summed E-state index contributed by atoms with van der Waals surface area (Å²) in [5, 5.41) is 15.5. The fourth-order valence-electron chi connectivity index (χ4n) is 2.72. The van der Waals surface area contributed by atoms with Crippen molar-refractivity contribution in [1.29, 1.82) is 0 Å². The Hall–Kier alpha value is -2.03. The maximum atomic E-state index is 12.0. The number of carbonyl (C=O) groups excluding carboxylic acids is 1. The van der Waals surface area contributed by atoms with Crippen molar-refractivity contribution < 1.29 is 14.4 Å². The fraction of sp³-hybridized carbons (Fsp3) is 0.500. The number of tetrazole rings is 1. The van der Waals surface area contributed by atoms with Gasteiger partial charge in [0.05, 0.1) is 24.8 Å². The van der Waals surface area contributed by atoms with Crippen LogP contribution in [0.4, 0.5) is 0 Å². The van der Waals surface area contributed by atoms with Crippen molar-refractivity contribution in [2.45, 2.75) is 13.0 Å². The zero-order chi connectivity index (χ0) is 17.5. The SMILES string of the molecule is O=C(Cn1nnc(-c2ccccc2Cl)n1)NCCC[NH+]1CCOCC1. The van der Waals surface area contributed by atoms with Gasteiger partial charge in [-0.05, 0) is 17.3 Å². The van der Waals surface area contributed by atoms with Crippen molar-refractivity contribution in [2.24, 2.45) is 0 Å². The second-order valence-electron chi connectivity index (χ2n) is 5.94. The molecule has 1 aromatic carbocycles. The highest BCUT2D eigenvalue weighted by molar-refractivity contribution is 6.33. The monoisotopic (exact) mass is 365 g/mol. The van der Waals surface area contributed by atoms with Crippen LogP contribution in [0, 0.1) is 0 Å². The van der Waals surface area contributed by atoms with E-state index in [2.05, 4.69) is 20.7 Å². The summed E-state index contributed by atoms with van der Waals surface area (Å²) in [4.78, 5) is 14.8. The molecule has 9 heteroatoms. The number of quaternary nitrogens is 1. The topological polar surface area (TPSA) is 86.4 Å². The van der Waals surface area contributed by atoms with E-state index >= 15 is 0 Å². The Balaban J connectivity index is 1.42. The number of hydrogen-bond acceptors (Lipinski definition) is 5. The van der Waals surface area contributed by atoms with Gasteiger partial charge in [-0.15, -0.1) is 10.2 Å². The molecule has 0 bridgehead atoms. The number of morpholine rings is 1. The molecule has 3 rings (SSSR count). The molecule has 0 unspecified atom stereocenters. The summed E-state index contributed by atoms with van der Waals surface area (Å²) >= 11 is 6.12. The lowest BCUT2D eigenvalue weighted by molar-refractivity contribution is -0.908. The van der Waals surface area contributed by atoms with E-state index in [1.54, 1.807) is 6.07 Å². The average molecular weight is 366 g/mol. The van der Waals surface area contributed by atoms with Gasteiger partial charge < -0.3 is 15.0 Å². The minimum Gasteiger partial charge on any atom is -0.370 e. The summed E-state index contributed by atoms with van der Waals surface area (Å²) < 4.78 is 5.33. The molecule has 0 spiro atoms. The first-order valence-electron chi connectivity index (χ1n) is 8.43. The number of nitrogens with one attached hydrogen (secondary N) is 2. The number of aromatic nitrogens is 4. The Bertz CT molecular complexity index is 701. The summed E-state index contributed by atoms with van der Waals surface area (Å²) in [7, 11) is 0. The smallest absolute Gasteiger partial charge is 0.243 e. The maximum Gasteiger partial charge on any atom is 0.243 e. The molecule has 2 aromatic rings. The van der Waals surface area contributed by atoms with Gasteiger partial charge in [-0.25, -0.2) is 0 Å². The van der Waals surface area contributed by atoms with Gasteiger partial charge >= 0.3 is 0 Å². The van der Waals surface area contributed by atoms with Crippen LogP contribution in [0.2, 0.25) is 5.02 Å². The third-order valence-corrected chi connectivity index (χ3v) is 4.41. The Morgan fingerprint density at radius 3 is 2.92 bits per heavy atom. The molecular formula is C16H22ClN6O2+. The van der Waals surface area contributed by atoms with E-state index in [-0.39, 0.29) is 12.5 Å². The minimum atomic E-state index is -0.125. The van der Waals surface area contributed by atoms with Gasteiger partial charge in [0.1, 0.15) is 19.6 Å². The lowest BCUT2D eigenvalue weighted by atomic mass is 10.2. The van der Waals surface area contributed by atoms with E-state index in [9.17, 15) is 4.79 Å². The maximum absolute atomic E-state index is 12.0. The second-order valence-corrected chi connectivity index (χ2v) is 6.35. The Morgan fingerprint density at radius 2 is 2.12 bits per heavy atom. The quantitative estimate of drug-likeness (QED) is 0.641. The van der Waals surface area contributed by atoms with Crippen molar-refractivity contribution in [3.8, 4) is 11.4 Å². The predicted molar refractivity (Wildman–Crippen MR) is 92.3 cm³/mol. The van der Waals surface area contributed by atoms with Crippen LogP contribution in [0.3, 0.4) is 0 Å². The Kier molecular flexibility index (Phi) is 6.32. The van der Waals surface area contributed by atoms with Gasteiger partial charge in [0.2, 0.25) is 11.7 Å². The van der Waals surface area contributed by atoms with Crippen molar-refractivity contribution in [2.75, 3.05) is 39.4 Å². The van der Waals surface area contributed by atoms with E-state index in [0.717, 1.165) is 39.3 Å². The summed E-state index contributed by atoms with van der Waals surface area (Å²) in [6, 6.07) is 7.27. The van der Waals surface area contributed by atoms with E-state index in [1.165, 1.54) is 9.70 Å². The van der Waals surface area contributed by atoms with Crippen LogP contribution in [0.5, 0.6) is 0 Å². The number of halogens is 1. The average Bonchev–Trinajstić information content (AvgIpc) is 3.08. The minimum absolute atomic E-state index is 0.0435. The number of ether oxygens (including phenoxy) is 1. The third kappa shape index (κ3) is 5.22. The zero-order valence-corrected chi connectivity index (χ0v) is 14.7. The zero-order valence-electron chi connectivity index (χ0n) is 13.9. The van der Waals surface area contributed by atoms with Gasteiger partial charge in [-0.3, -0.25) is 4.79 Å². The van der Waals surface area contributed by atoms with Crippen LogP contribution in [0.15, 0.2) is 24.3 Å². The Labute approximate surface area is 151 Å². The highest BCUT2D eigenvalue weighted by Crippen LogP contribution is 2.23. The molecule has 134 valence electrons. The van der Waals surface area contributed by atoms with Crippen molar-refractivity contribution in [1.82, 2.24) is 25.5 Å². The van der Waals surface area contributed by atoms with E-state index < -0.39 is 0 Å². The first kappa shape index (κ1) is 17.8. The van der Waals surface area contributed by atoms with Crippen molar-refractivity contribution >= 4 is 17.5 Å². The van der Waals surface area contributed by atoms with Gasteiger partial charge in [0.15, 0.2) is 0 Å². The number of carbonyl (C=O) groups is 1. The van der Waals surface area contributed by atoms with Gasteiger partial charge in [-0.2, -0.15) is 4.80 Å². The first-order chi connectivity index (χ1) is 12.2. The van der Waals surface area contributed by atoms with Crippen LogP contribution in [-0.2, 0) is 16.1 Å². The normalized spacial score (nSPS) is 15.2. The van der Waals surface area contributed by atoms with Crippen LogP contribution < -0.4 is 10.2 Å². The number of rotatable bonds is 7. The number of amides is 1. The molecule has 1 aromatic heterocycles. The van der Waals surface area contributed by atoms with Gasteiger partial charge in [0, 0.05) is 18.5 Å². The van der Waals surface area contributed by atoms with E-state index in [4.69, 9.17) is 16.3 Å². The third-order valence-electron chi connectivity index (χ3n) is 4.08. The molecule has 1 aliphatic heterocycles. The largest absolute Gasteiger partial charge is 0.370 e. The molecule has 1 aliphatic rings. The molecule has 8 nitrogen and oxygen atoms in total. The number of benzene rings is 1. The van der Waals surface area contributed by atoms with E-state index in [1.807, 2.05) is 18.2 Å². The molecule has 2 heterocycles. The molecule has 1 amide bonds. The summed E-state index contributed by atoms with van der Waals surface area (Å²) in [5.74, 6) is 0.286. The lowest BCUT2D eigenvalue weighted by Crippen LogP contribution is -3.14. The molecule has 0 saturated carbocycles. The number of hydrogen-bond donors (Lipinski definition) is 2. The van der Waals surface area contributed by atoms with Crippen LogP contribution in [0.25, 0.3) is 11.4 Å². The summed E-state index contributed by atoms with van der Waals surface area (Å²) in [6.45, 7) is 5.48. The molecule has 0 atom stereocenters. The van der Waals surface area contributed by atoms with Gasteiger partial charge in [0.25, 0.3) is 0 Å². The second kappa shape index (κ2) is 8.89. The standard InChI is InChI=1S/C16H21ClN6O2/c17-14-5-2-1-4-13(14)16-19-21-23(20-16)12-15(24)18-6-3-7-22-8-10-25-11-9-22/h1-2,4-5H,3,6-12H2,(H,18,24)/p+1. The lowest BCUT2D eigenvalue weighted by Gasteiger charge is -2.23. The fourth-order valence-corrected chi connectivity index (χ4v) is 2.94. The van der Waals surface area contributed by atoms with Crippen molar-refractivity contribution in [3.05, 3.63) is 29.3 Å². The molecule has 1 saturated heterocycles. The molecule has 1 fully saturated rings. The van der Waals surface area contributed by atoms with E-state index in [0.29, 0.717) is 23.0 Å².